The first-order valence-corrected chi connectivity index (χ1v) is 7.12. The molecule has 0 spiro atoms. The van der Waals surface area contributed by atoms with Gasteiger partial charge < -0.3 is 15.7 Å². The third-order valence-electron chi connectivity index (χ3n) is 2.97. The van der Waals surface area contributed by atoms with E-state index in [0.717, 1.165) is 11.1 Å². The molecule has 21 heavy (non-hydrogen) atoms. The highest BCUT2D eigenvalue weighted by Gasteiger charge is 2.21. The molecule has 0 radical (unpaired) electrons. The molecule has 0 aromatic heterocycles. The lowest BCUT2D eigenvalue weighted by Crippen LogP contribution is -2.41. The molecule has 0 heterocycles. The predicted octanol–water partition coefficient (Wildman–Crippen LogP) is 2.33. The number of nitrogens with one attached hydrogen (secondary N) is 2. The molecule has 0 aliphatic carbocycles. The van der Waals surface area contributed by atoms with Crippen molar-refractivity contribution in [3.8, 4) is 0 Å². The minimum Gasteiger partial charge on any atom is -0.480 e. The minimum atomic E-state index is -1.01. The minimum absolute atomic E-state index is 0.0883. The quantitative estimate of drug-likeness (QED) is 0.720. The fourth-order valence-electron chi connectivity index (χ4n) is 2.07. The summed E-state index contributed by atoms with van der Waals surface area (Å²) in [6, 6.07) is 4.88. The van der Waals surface area contributed by atoms with Crippen LogP contribution in [-0.4, -0.2) is 29.6 Å². The van der Waals surface area contributed by atoms with E-state index in [0.29, 0.717) is 18.2 Å². The normalized spacial score (nSPS) is 12.2. The number of anilines is 1. The number of aliphatic carboxylic acids is 1. The van der Waals surface area contributed by atoms with E-state index in [-0.39, 0.29) is 12.3 Å². The van der Waals surface area contributed by atoms with E-state index in [1.165, 1.54) is 0 Å². The number of amides is 1. The van der Waals surface area contributed by atoms with Crippen molar-refractivity contribution in [2.24, 2.45) is 5.92 Å². The number of carbonyl (C=O) groups excluding carboxylic acids is 1. The molecular formula is C16H24N2O3. The van der Waals surface area contributed by atoms with Crippen LogP contribution in [-0.2, 0) is 9.59 Å². The molecule has 1 unspecified atom stereocenters. The summed E-state index contributed by atoms with van der Waals surface area (Å²) in [6.45, 7) is 8.44. The van der Waals surface area contributed by atoms with Crippen LogP contribution in [0.4, 0.5) is 5.69 Å². The number of carboxylic acids is 1. The van der Waals surface area contributed by atoms with Crippen molar-refractivity contribution in [2.75, 3.05) is 11.9 Å². The van der Waals surface area contributed by atoms with Gasteiger partial charge in [0.1, 0.15) is 6.04 Å². The molecule has 0 aliphatic rings. The molecule has 0 saturated heterocycles. The number of hydrogen-bond acceptors (Lipinski definition) is 3. The zero-order chi connectivity index (χ0) is 16.0. The van der Waals surface area contributed by atoms with Crippen LogP contribution in [0.15, 0.2) is 18.2 Å². The molecule has 0 bridgehead atoms. The van der Waals surface area contributed by atoms with Crippen molar-refractivity contribution in [1.82, 2.24) is 5.32 Å². The molecule has 1 aromatic carbocycles. The summed E-state index contributed by atoms with van der Waals surface area (Å²) in [6.07, 6.45) is -0.0883. The Hall–Kier alpha value is -1.88. The van der Waals surface area contributed by atoms with E-state index in [4.69, 9.17) is 5.11 Å². The fraction of sp³-hybridized carbons (Fsp3) is 0.500. The molecule has 5 nitrogen and oxygen atoms in total. The number of carbonyl (C=O) groups is 2. The maximum atomic E-state index is 12.0. The zero-order valence-corrected chi connectivity index (χ0v) is 13.1. The molecule has 1 aromatic rings. The predicted molar refractivity (Wildman–Crippen MR) is 83.4 cm³/mol. The Bertz CT molecular complexity index is 492. The van der Waals surface area contributed by atoms with Crippen LogP contribution in [0, 0.1) is 19.8 Å². The van der Waals surface area contributed by atoms with Gasteiger partial charge in [0.25, 0.3) is 0 Å². The highest BCUT2D eigenvalue weighted by atomic mass is 16.4. The monoisotopic (exact) mass is 292 g/mol. The summed E-state index contributed by atoms with van der Waals surface area (Å²) < 4.78 is 0. The summed E-state index contributed by atoms with van der Waals surface area (Å²) in [5.41, 5.74) is 2.81. The molecule has 1 rings (SSSR count). The second-order valence-corrected chi connectivity index (χ2v) is 5.82. The van der Waals surface area contributed by atoms with Gasteiger partial charge in [-0.15, -0.1) is 0 Å². The maximum Gasteiger partial charge on any atom is 0.321 e. The van der Waals surface area contributed by atoms with Gasteiger partial charge in [-0.2, -0.15) is 0 Å². The molecule has 0 saturated carbocycles. The van der Waals surface area contributed by atoms with Crippen molar-refractivity contribution in [3.63, 3.8) is 0 Å². The van der Waals surface area contributed by atoms with Gasteiger partial charge in [-0.05, 0) is 49.6 Å². The SMILES string of the molecule is Cc1cc(C)cc(NC(=O)CC(NCC(C)C)C(=O)O)c1. The highest BCUT2D eigenvalue weighted by Crippen LogP contribution is 2.14. The highest BCUT2D eigenvalue weighted by molar-refractivity contribution is 5.94. The van der Waals surface area contributed by atoms with E-state index in [1.54, 1.807) is 0 Å². The Kier molecular flexibility index (Phi) is 6.37. The van der Waals surface area contributed by atoms with Crippen LogP contribution in [0.1, 0.15) is 31.4 Å². The van der Waals surface area contributed by atoms with Gasteiger partial charge >= 0.3 is 5.97 Å². The van der Waals surface area contributed by atoms with Crippen LogP contribution < -0.4 is 10.6 Å². The average Bonchev–Trinajstić information content (AvgIpc) is 2.32. The first kappa shape index (κ1) is 17.2. The number of benzene rings is 1. The van der Waals surface area contributed by atoms with Gasteiger partial charge in [0.15, 0.2) is 0 Å². The third-order valence-corrected chi connectivity index (χ3v) is 2.97. The summed E-state index contributed by atoms with van der Waals surface area (Å²) in [5.74, 6) is -0.982. The fourth-order valence-corrected chi connectivity index (χ4v) is 2.07. The first-order valence-electron chi connectivity index (χ1n) is 7.12. The van der Waals surface area contributed by atoms with E-state index in [9.17, 15) is 9.59 Å². The molecule has 0 aliphatic heterocycles. The van der Waals surface area contributed by atoms with E-state index in [1.807, 2.05) is 45.9 Å². The molecule has 0 fully saturated rings. The Balaban J connectivity index is 2.63. The van der Waals surface area contributed by atoms with Gasteiger partial charge in [-0.1, -0.05) is 19.9 Å². The number of rotatable bonds is 7. The topological polar surface area (TPSA) is 78.4 Å². The van der Waals surface area contributed by atoms with Gasteiger partial charge in [0.2, 0.25) is 5.91 Å². The molecule has 3 N–H and O–H groups in total. The van der Waals surface area contributed by atoms with Crippen LogP contribution in [0.25, 0.3) is 0 Å². The van der Waals surface area contributed by atoms with Gasteiger partial charge in [-0.25, -0.2) is 0 Å². The van der Waals surface area contributed by atoms with E-state index >= 15 is 0 Å². The van der Waals surface area contributed by atoms with Crippen molar-refractivity contribution in [1.29, 1.82) is 0 Å². The Morgan fingerprint density at radius 3 is 2.19 bits per heavy atom. The average molecular weight is 292 g/mol. The second-order valence-electron chi connectivity index (χ2n) is 5.82. The number of carboxylic acid groups (broad SMARTS) is 1. The Morgan fingerprint density at radius 1 is 1.14 bits per heavy atom. The lowest BCUT2D eigenvalue weighted by atomic mass is 10.1. The van der Waals surface area contributed by atoms with Crippen LogP contribution in [0.2, 0.25) is 0 Å². The summed E-state index contributed by atoms with van der Waals surface area (Å²) in [7, 11) is 0. The Morgan fingerprint density at radius 2 is 1.71 bits per heavy atom. The lowest BCUT2D eigenvalue weighted by molar-refractivity contribution is -0.141. The molecule has 5 heteroatoms. The van der Waals surface area contributed by atoms with Gasteiger partial charge in [-0.3, -0.25) is 9.59 Å². The van der Waals surface area contributed by atoms with Crippen LogP contribution in [0.5, 0.6) is 0 Å². The van der Waals surface area contributed by atoms with Crippen molar-refractivity contribution in [2.45, 2.75) is 40.2 Å². The molecular weight excluding hydrogens is 268 g/mol. The largest absolute Gasteiger partial charge is 0.480 e. The van der Waals surface area contributed by atoms with Crippen molar-refractivity contribution < 1.29 is 14.7 Å². The number of hydrogen-bond donors (Lipinski definition) is 3. The smallest absolute Gasteiger partial charge is 0.321 e. The summed E-state index contributed by atoms with van der Waals surface area (Å²) in [4.78, 5) is 23.1. The number of aryl methyl sites for hydroxylation is 2. The van der Waals surface area contributed by atoms with Gasteiger partial charge in [0, 0.05) is 5.69 Å². The maximum absolute atomic E-state index is 12.0. The van der Waals surface area contributed by atoms with E-state index in [2.05, 4.69) is 10.6 Å². The molecule has 116 valence electrons. The van der Waals surface area contributed by atoms with Crippen molar-refractivity contribution >= 4 is 17.6 Å². The second kappa shape index (κ2) is 7.78. The van der Waals surface area contributed by atoms with Crippen molar-refractivity contribution in [3.05, 3.63) is 29.3 Å². The Labute approximate surface area is 125 Å². The molecule has 1 amide bonds. The lowest BCUT2D eigenvalue weighted by Gasteiger charge is -2.16. The zero-order valence-electron chi connectivity index (χ0n) is 13.1. The summed E-state index contributed by atoms with van der Waals surface area (Å²) in [5, 5.41) is 14.8. The van der Waals surface area contributed by atoms with Crippen LogP contribution in [0.3, 0.4) is 0 Å². The van der Waals surface area contributed by atoms with Crippen LogP contribution >= 0.6 is 0 Å². The molecule has 1 atom stereocenters. The van der Waals surface area contributed by atoms with E-state index < -0.39 is 12.0 Å². The first-order chi connectivity index (χ1) is 9.77. The van der Waals surface area contributed by atoms with Gasteiger partial charge in [0.05, 0.1) is 6.42 Å². The summed E-state index contributed by atoms with van der Waals surface area (Å²) >= 11 is 0. The third kappa shape index (κ3) is 6.40. The standard InChI is InChI=1S/C16H24N2O3/c1-10(2)9-17-14(16(20)21)8-15(19)18-13-6-11(3)5-12(4)7-13/h5-7,10,14,17H,8-9H2,1-4H3,(H,18,19)(H,20,21).